The minimum absolute atomic E-state index is 0.285. The lowest BCUT2D eigenvalue weighted by atomic mass is 9.88. The smallest absolute Gasteiger partial charge is 0.187 e. The van der Waals surface area contributed by atoms with Gasteiger partial charge in [0.2, 0.25) is 0 Å². The van der Waals surface area contributed by atoms with Gasteiger partial charge >= 0.3 is 0 Å². The number of hydrogen-bond donors (Lipinski definition) is 6. The Labute approximate surface area is 134 Å². The molecule has 9 nitrogen and oxygen atoms in total. The summed E-state index contributed by atoms with van der Waals surface area (Å²) in [6.45, 7) is 2.54. The minimum Gasteiger partial charge on any atom is -0.394 e. The van der Waals surface area contributed by atoms with E-state index >= 15 is 0 Å². The van der Waals surface area contributed by atoms with Crippen LogP contribution in [0.5, 0.6) is 0 Å². The van der Waals surface area contributed by atoms with Crippen LogP contribution >= 0.6 is 0 Å². The van der Waals surface area contributed by atoms with Crippen LogP contribution in [0, 0.1) is 5.92 Å². The van der Waals surface area contributed by atoms with Crippen molar-refractivity contribution in [2.75, 3.05) is 13.2 Å². The molecule has 6 N–H and O–H groups in total. The van der Waals surface area contributed by atoms with Crippen LogP contribution in [0.1, 0.15) is 13.8 Å². The van der Waals surface area contributed by atoms with Gasteiger partial charge in [0.25, 0.3) is 0 Å². The van der Waals surface area contributed by atoms with E-state index in [0.29, 0.717) is 0 Å². The van der Waals surface area contributed by atoms with Crippen molar-refractivity contribution in [3.63, 3.8) is 0 Å². The van der Waals surface area contributed by atoms with Crippen LogP contribution in [0.4, 0.5) is 0 Å². The molecule has 0 aromatic heterocycles. The first kappa shape index (κ1) is 19.0. The van der Waals surface area contributed by atoms with Crippen LogP contribution in [0.2, 0.25) is 0 Å². The Bertz CT molecular complexity index is 377. The van der Waals surface area contributed by atoms with Crippen LogP contribution in [0.25, 0.3) is 0 Å². The van der Waals surface area contributed by atoms with E-state index in [4.69, 9.17) is 19.3 Å². The summed E-state index contributed by atoms with van der Waals surface area (Å²) < 4.78 is 16.4. The maximum atomic E-state index is 10.4. The zero-order valence-electron chi connectivity index (χ0n) is 13.1. The van der Waals surface area contributed by atoms with E-state index in [1.54, 1.807) is 13.8 Å². The Kier molecular flexibility index (Phi) is 6.34. The summed E-state index contributed by atoms with van der Waals surface area (Å²) in [5.41, 5.74) is 0. The molecule has 23 heavy (non-hydrogen) atoms. The monoisotopic (exact) mass is 338 g/mol. The lowest BCUT2D eigenvalue weighted by Gasteiger charge is -2.46. The number of ether oxygens (including phenoxy) is 3. The molecule has 2 rings (SSSR count). The molecule has 0 aromatic rings. The number of hydrogen-bond acceptors (Lipinski definition) is 9. The van der Waals surface area contributed by atoms with E-state index in [0.717, 1.165) is 0 Å². The van der Waals surface area contributed by atoms with Gasteiger partial charge in [0, 0.05) is 5.92 Å². The molecule has 0 saturated carbocycles. The van der Waals surface area contributed by atoms with Gasteiger partial charge in [0.05, 0.1) is 25.4 Å². The molecule has 0 aromatic carbocycles. The van der Waals surface area contributed by atoms with Crippen LogP contribution in [0.3, 0.4) is 0 Å². The predicted molar refractivity (Wildman–Crippen MR) is 75.2 cm³/mol. The van der Waals surface area contributed by atoms with Crippen molar-refractivity contribution >= 4 is 0 Å². The lowest BCUT2D eigenvalue weighted by Crippen LogP contribution is -2.63. The summed E-state index contributed by atoms with van der Waals surface area (Å²) in [7, 11) is 0. The van der Waals surface area contributed by atoms with Crippen LogP contribution in [0.15, 0.2) is 0 Å². The lowest BCUT2D eigenvalue weighted by molar-refractivity contribution is -0.337. The zero-order chi connectivity index (χ0) is 17.3. The van der Waals surface area contributed by atoms with Gasteiger partial charge in [-0.25, -0.2) is 0 Å². The summed E-state index contributed by atoms with van der Waals surface area (Å²) in [6, 6.07) is 0. The molecule has 0 spiro atoms. The van der Waals surface area contributed by atoms with Crippen molar-refractivity contribution in [3.05, 3.63) is 0 Å². The molecule has 136 valence electrons. The second kappa shape index (κ2) is 7.68. The third kappa shape index (κ3) is 3.68. The highest BCUT2D eigenvalue weighted by molar-refractivity contribution is 4.93. The predicted octanol–water partition coefficient (Wildman–Crippen LogP) is -3.05. The average molecular weight is 338 g/mol. The van der Waals surface area contributed by atoms with E-state index in [9.17, 15) is 25.5 Å². The maximum Gasteiger partial charge on any atom is 0.187 e. The van der Waals surface area contributed by atoms with Gasteiger partial charge in [-0.05, 0) is 6.92 Å². The summed E-state index contributed by atoms with van der Waals surface area (Å²) in [6.07, 6.45) is -10.2. The highest BCUT2D eigenvalue weighted by atomic mass is 16.7. The number of rotatable bonds is 4. The molecule has 10 atom stereocenters. The van der Waals surface area contributed by atoms with Crippen molar-refractivity contribution in [2.24, 2.45) is 5.92 Å². The number of aliphatic hydroxyl groups is 6. The fourth-order valence-electron chi connectivity index (χ4n) is 2.92. The average Bonchev–Trinajstić information content (AvgIpc) is 2.55. The Balaban J connectivity index is 2.11. The molecule has 2 heterocycles. The second-order valence-electron chi connectivity index (χ2n) is 6.21. The molecule has 2 aliphatic rings. The molecule has 0 bridgehead atoms. The molecular formula is C14H26O9. The van der Waals surface area contributed by atoms with Gasteiger partial charge in [-0.1, -0.05) is 6.92 Å². The van der Waals surface area contributed by atoms with E-state index in [-0.39, 0.29) is 12.0 Å². The SMILES string of the molecule is CC1OC(CO)[C@@H](O[C@@H]2OC(CO)[C@H](O)[C@H](O)C2O)[C@H](O)C1C. The van der Waals surface area contributed by atoms with Crippen LogP contribution < -0.4 is 0 Å². The first-order valence-corrected chi connectivity index (χ1v) is 7.72. The quantitative estimate of drug-likeness (QED) is 0.314. The zero-order valence-corrected chi connectivity index (χ0v) is 13.1. The Morgan fingerprint density at radius 1 is 0.783 bits per heavy atom. The topological polar surface area (TPSA) is 149 Å². The van der Waals surface area contributed by atoms with Gasteiger partial charge in [0.15, 0.2) is 6.29 Å². The van der Waals surface area contributed by atoms with E-state index in [1.165, 1.54) is 0 Å². The van der Waals surface area contributed by atoms with Crippen LogP contribution in [-0.4, -0.2) is 99.0 Å². The summed E-state index contributed by atoms with van der Waals surface area (Å²) in [4.78, 5) is 0. The molecule has 0 amide bonds. The van der Waals surface area contributed by atoms with Gasteiger partial charge in [-0.3, -0.25) is 0 Å². The summed E-state index contributed by atoms with van der Waals surface area (Å²) in [5, 5.41) is 58.4. The molecule has 5 unspecified atom stereocenters. The summed E-state index contributed by atoms with van der Waals surface area (Å²) >= 11 is 0. The standard InChI is InChI=1S/C14H26O9/c1-5-6(2)21-8(4-16)13(9(5)17)23-14-12(20)11(19)10(18)7(3-15)22-14/h5-20H,3-4H2,1-2H3/t5?,6?,7?,8?,9-,10+,11+,12?,13-,14+/m1/s1. The Morgan fingerprint density at radius 2 is 1.39 bits per heavy atom. The Morgan fingerprint density at radius 3 is 1.96 bits per heavy atom. The highest BCUT2D eigenvalue weighted by Crippen LogP contribution is 2.31. The normalized spacial score (nSPS) is 51.7. The van der Waals surface area contributed by atoms with Gasteiger partial charge in [0.1, 0.15) is 36.6 Å². The molecule has 2 fully saturated rings. The summed E-state index contributed by atoms with van der Waals surface area (Å²) in [5.74, 6) is -0.285. The molecule has 2 saturated heterocycles. The number of aliphatic hydroxyl groups excluding tert-OH is 6. The fraction of sp³-hybridized carbons (Fsp3) is 1.00. The van der Waals surface area contributed by atoms with Crippen molar-refractivity contribution in [1.29, 1.82) is 0 Å². The van der Waals surface area contributed by atoms with Crippen LogP contribution in [-0.2, 0) is 14.2 Å². The van der Waals surface area contributed by atoms with Gasteiger partial charge < -0.3 is 44.8 Å². The fourth-order valence-corrected chi connectivity index (χ4v) is 2.92. The highest BCUT2D eigenvalue weighted by Gasteiger charge is 2.48. The van der Waals surface area contributed by atoms with E-state index < -0.39 is 62.2 Å². The maximum absolute atomic E-state index is 10.4. The van der Waals surface area contributed by atoms with Crippen molar-refractivity contribution in [3.8, 4) is 0 Å². The van der Waals surface area contributed by atoms with Crippen molar-refractivity contribution < 1.29 is 44.8 Å². The molecule has 2 aliphatic heterocycles. The molecular weight excluding hydrogens is 312 g/mol. The largest absolute Gasteiger partial charge is 0.394 e. The van der Waals surface area contributed by atoms with E-state index in [2.05, 4.69) is 0 Å². The molecule has 9 heteroatoms. The Hall–Kier alpha value is -0.360. The van der Waals surface area contributed by atoms with Crippen molar-refractivity contribution in [1.82, 2.24) is 0 Å². The first-order chi connectivity index (χ1) is 10.8. The van der Waals surface area contributed by atoms with Crippen molar-refractivity contribution in [2.45, 2.75) is 69.0 Å². The first-order valence-electron chi connectivity index (χ1n) is 7.72. The van der Waals surface area contributed by atoms with E-state index in [1.807, 2.05) is 0 Å². The third-order valence-corrected chi connectivity index (χ3v) is 4.69. The second-order valence-corrected chi connectivity index (χ2v) is 6.21. The molecule has 0 radical (unpaired) electrons. The third-order valence-electron chi connectivity index (χ3n) is 4.69. The van der Waals surface area contributed by atoms with Gasteiger partial charge in [-0.2, -0.15) is 0 Å². The molecule has 0 aliphatic carbocycles. The van der Waals surface area contributed by atoms with Gasteiger partial charge in [-0.15, -0.1) is 0 Å². The minimum atomic E-state index is -1.58.